The van der Waals surface area contributed by atoms with Crippen molar-refractivity contribution in [3.63, 3.8) is 0 Å². The van der Waals surface area contributed by atoms with Gasteiger partial charge in [-0.2, -0.15) is 4.98 Å². The largest absolute Gasteiger partial charge is 0.384 e. The number of fused-ring (bicyclic) bond motifs is 1. The maximum atomic E-state index is 14.9. The smallest absolute Gasteiger partial charge is 0.224 e. The molecule has 1 aliphatic carbocycles. The Labute approximate surface area is 143 Å². The van der Waals surface area contributed by atoms with E-state index in [4.69, 9.17) is 11.6 Å². The second-order valence-corrected chi connectivity index (χ2v) is 6.96. The summed E-state index contributed by atoms with van der Waals surface area (Å²) in [4.78, 5) is 12.6. The lowest BCUT2D eigenvalue weighted by Gasteiger charge is -2.18. The molecule has 0 unspecified atom stereocenters. The first kappa shape index (κ1) is 15.5. The van der Waals surface area contributed by atoms with Crippen LogP contribution in [-0.2, 0) is 5.60 Å². The zero-order valence-electron chi connectivity index (χ0n) is 13.3. The summed E-state index contributed by atoms with van der Waals surface area (Å²) in [6.07, 6.45) is 3.27. The molecule has 0 aromatic carbocycles. The molecule has 1 saturated carbocycles. The maximum Gasteiger partial charge on any atom is 0.224 e. The van der Waals surface area contributed by atoms with Crippen molar-refractivity contribution in [2.75, 3.05) is 0 Å². The van der Waals surface area contributed by atoms with E-state index in [9.17, 15) is 9.50 Å². The van der Waals surface area contributed by atoms with Crippen LogP contribution >= 0.6 is 11.6 Å². The lowest BCUT2D eigenvalue weighted by atomic mass is 10.1. The topological polar surface area (TPSA) is 63.8 Å². The van der Waals surface area contributed by atoms with Gasteiger partial charge in [-0.1, -0.05) is 6.07 Å². The van der Waals surface area contributed by atoms with Gasteiger partial charge in [-0.3, -0.25) is 4.57 Å². The highest BCUT2D eigenvalue weighted by Crippen LogP contribution is 2.44. The summed E-state index contributed by atoms with van der Waals surface area (Å²) in [5.74, 6) is 0.338. The molecule has 1 N–H and O–H groups in total. The van der Waals surface area contributed by atoms with Gasteiger partial charge >= 0.3 is 0 Å². The summed E-state index contributed by atoms with van der Waals surface area (Å²) in [6, 6.07) is 5.30. The van der Waals surface area contributed by atoms with Gasteiger partial charge in [0.05, 0.1) is 16.8 Å². The number of pyridine rings is 1. The van der Waals surface area contributed by atoms with Crippen molar-refractivity contribution in [3.8, 4) is 5.82 Å². The molecule has 0 bridgehead atoms. The SMILES string of the molecule is CC(C)(O)c1cccc(-n2c(C3CC3)c(F)c3cnc(Cl)nc32)n1. The second-order valence-electron chi connectivity index (χ2n) is 6.63. The van der Waals surface area contributed by atoms with Gasteiger partial charge in [0, 0.05) is 12.1 Å². The van der Waals surface area contributed by atoms with Crippen LogP contribution in [0.15, 0.2) is 24.4 Å². The van der Waals surface area contributed by atoms with E-state index >= 15 is 0 Å². The third-order valence-electron chi connectivity index (χ3n) is 4.21. The van der Waals surface area contributed by atoms with Crippen molar-refractivity contribution < 1.29 is 9.50 Å². The van der Waals surface area contributed by atoms with E-state index in [0.29, 0.717) is 28.2 Å². The Balaban J connectivity index is 2.02. The molecule has 0 aliphatic heterocycles. The molecule has 3 aromatic heterocycles. The van der Waals surface area contributed by atoms with Gasteiger partial charge < -0.3 is 5.11 Å². The fourth-order valence-corrected chi connectivity index (χ4v) is 3.00. The molecular formula is C17H16ClFN4O. The third-order valence-corrected chi connectivity index (χ3v) is 4.39. The number of hydrogen-bond donors (Lipinski definition) is 1. The average molecular weight is 347 g/mol. The van der Waals surface area contributed by atoms with Gasteiger partial charge in [-0.05, 0) is 50.4 Å². The Hall–Kier alpha value is -2.05. The molecule has 7 heteroatoms. The van der Waals surface area contributed by atoms with Gasteiger partial charge in [0.15, 0.2) is 11.5 Å². The Morgan fingerprint density at radius 2 is 2.04 bits per heavy atom. The van der Waals surface area contributed by atoms with E-state index in [1.807, 2.05) is 0 Å². The van der Waals surface area contributed by atoms with Crippen LogP contribution in [0.25, 0.3) is 16.9 Å². The van der Waals surface area contributed by atoms with Crippen molar-refractivity contribution in [1.29, 1.82) is 0 Å². The van der Waals surface area contributed by atoms with Gasteiger partial charge in [0.1, 0.15) is 11.4 Å². The molecule has 0 radical (unpaired) electrons. The molecule has 1 aliphatic rings. The number of rotatable bonds is 3. The van der Waals surface area contributed by atoms with Crippen molar-refractivity contribution >= 4 is 22.6 Å². The first-order valence-corrected chi connectivity index (χ1v) is 8.16. The average Bonchev–Trinajstić information content (AvgIpc) is 3.32. The van der Waals surface area contributed by atoms with Gasteiger partial charge in [-0.25, -0.2) is 14.4 Å². The summed E-state index contributed by atoms with van der Waals surface area (Å²) in [5, 5.41) is 10.6. The lowest BCUT2D eigenvalue weighted by Crippen LogP contribution is -2.18. The Morgan fingerprint density at radius 1 is 1.29 bits per heavy atom. The maximum absolute atomic E-state index is 14.9. The van der Waals surface area contributed by atoms with E-state index in [1.54, 1.807) is 36.6 Å². The standard InChI is InChI=1S/C17H16ClFN4O/c1-17(2,24)11-4-3-5-12(21-11)23-14(9-6-7-9)13(19)10-8-20-16(18)22-15(10)23/h3-5,8-9,24H,6-7H2,1-2H3. The molecule has 0 spiro atoms. The van der Waals surface area contributed by atoms with Crippen LogP contribution in [0.2, 0.25) is 5.28 Å². The van der Waals surface area contributed by atoms with Crippen LogP contribution in [0.4, 0.5) is 4.39 Å². The first-order chi connectivity index (χ1) is 11.4. The predicted molar refractivity (Wildman–Crippen MR) is 88.8 cm³/mol. The minimum Gasteiger partial charge on any atom is -0.384 e. The molecule has 3 aromatic rings. The zero-order chi connectivity index (χ0) is 17.1. The van der Waals surface area contributed by atoms with Crippen LogP contribution in [0.3, 0.4) is 0 Å². The molecule has 0 amide bonds. The third kappa shape index (κ3) is 2.46. The first-order valence-electron chi connectivity index (χ1n) is 7.79. The molecule has 24 heavy (non-hydrogen) atoms. The minimum atomic E-state index is -1.09. The molecule has 3 heterocycles. The summed E-state index contributed by atoms with van der Waals surface area (Å²) >= 11 is 5.92. The number of aromatic nitrogens is 4. The van der Waals surface area contributed by atoms with Crippen LogP contribution in [0, 0.1) is 5.82 Å². The Morgan fingerprint density at radius 3 is 2.71 bits per heavy atom. The van der Waals surface area contributed by atoms with E-state index in [-0.39, 0.29) is 17.0 Å². The van der Waals surface area contributed by atoms with Crippen LogP contribution in [0.1, 0.15) is 44.0 Å². The fourth-order valence-electron chi connectivity index (χ4n) is 2.87. The summed E-state index contributed by atoms with van der Waals surface area (Å²) in [7, 11) is 0. The van der Waals surface area contributed by atoms with Crippen molar-refractivity contribution in [1.82, 2.24) is 19.5 Å². The van der Waals surface area contributed by atoms with Gasteiger partial charge in [0.2, 0.25) is 5.28 Å². The predicted octanol–water partition coefficient (Wildman–Crippen LogP) is 3.71. The number of nitrogens with zero attached hydrogens (tertiary/aromatic N) is 4. The quantitative estimate of drug-likeness (QED) is 0.734. The molecule has 0 saturated heterocycles. The lowest BCUT2D eigenvalue weighted by molar-refractivity contribution is 0.0738. The van der Waals surface area contributed by atoms with Crippen LogP contribution < -0.4 is 0 Å². The number of hydrogen-bond acceptors (Lipinski definition) is 4. The summed E-state index contributed by atoms with van der Waals surface area (Å²) in [6.45, 7) is 3.32. The fraction of sp³-hybridized carbons (Fsp3) is 0.353. The molecular weight excluding hydrogens is 331 g/mol. The molecule has 124 valence electrons. The van der Waals surface area contributed by atoms with E-state index in [2.05, 4.69) is 15.0 Å². The van der Waals surface area contributed by atoms with E-state index < -0.39 is 5.60 Å². The Kier molecular flexibility index (Phi) is 3.37. The van der Waals surface area contributed by atoms with Crippen molar-refractivity contribution in [2.45, 2.75) is 38.2 Å². The van der Waals surface area contributed by atoms with Crippen molar-refractivity contribution in [2.24, 2.45) is 0 Å². The molecule has 4 rings (SSSR count). The van der Waals surface area contributed by atoms with Gasteiger partial charge in [0.25, 0.3) is 0 Å². The molecule has 5 nitrogen and oxygen atoms in total. The Bertz CT molecular complexity index is 944. The highest BCUT2D eigenvalue weighted by Gasteiger charge is 2.34. The van der Waals surface area contributed by atoms with E-state index in [1.165, 1.54) is 6.20 Å². The second kappa shape index (κ2) is 5.22. The van der Waals surface area contributed by atoms with E-state index in [0.717, 1.165) is 12.8 Å². The molecule has 0 atom stereocenters. The minimum absolute atomic E-state index is 0.0576. The van der Waals surface area contributed by atoms with Crippen LogP contribution in [0.5, 0.6) is 0 Å². The number of halogens is 2. The normalized spacial score (nSPS) is 15.2. The summed E-state index contributed by atoms with van der Waals surface area (Å²) in [5.41, 5.74) is 0.366. The van der Waals surface area contributed by atoms with Crippen LogP contribution in [-0.4, -0.2) is 24.6 Å². The van der Waals surface area contributed by atoms with Crippen molar-refractivity contribution in [3.05, 3.63) is 46.9 Å². The number of aliphatic hydroxyl groups is 1. The zero-order valence-corrected chi connectivity index (χ0v) is 14.0. The monoisotopic (exact) mass is 346 g/mol. The summed E-state index contributed by atoms with van der Waals surface area (Å²) < 4.78 is 16.6. The highest BCUT2D eigenvalue weighted by molar-refractivity contribution is 6.28. The molecule has 1 fully saturated rings. The van der Waals surface area contributed by atoms with Gasteiger partial charge in [-0.15, -0.1) is 0 Å². The highest BCUT2D eigenvalue weighted by atomic mass is 35.5.